The molecule has 2 aliphatic rings. The first kappa shape index (κ1) is 8.53. The SMILES string of the molecule is CC1CC1C(=O)NC1CCNC1=O. The van der Waals surface area contributed by atoms with Crippen molar-refractivity contribution in [3.63, 3.8) is 0 Å². The van der Waals surface area contributed by atoms with Gasteiger partial charge in [0.1, 0.15) is 6.04 Å². The molecule has 1 saturated heterocycles. The Labute approximate surface area is 77.1 Å². The Morgan fingerprint density at radius 1 is 1.62 bits per heavy atom. The van der Waals surface area contributed by atoms with Crippen molar-refractivity contribution in [2.45, 2.75) is 25.8 Å². The number of nitrogens with one attached hydrogen (secondary N) is 2. The Kier molecular flexibility index (Phi) is 1.98. The second kappa shape index (κ2) is 3.01. The van der Waals surface area contributed by atoms with Crippen molar-refractivity contribution >= 4 is 11.8 Å². The van der Waals surface area contributed by atoms with Crippen LogP contribution in [0.25, 0.3) is 0 Å². The van der Waals surface area contributed by atoms with Crippen molar-refractivity contribution in [2.24, 2.45) is 11.8 Å². The van der Waals surface area contributed by atoms with E-state index in [0.717, 1.165) is 12.8 Å². The van der Waals surface area contributed by atoms with Crippen molar-refractivity contribution in [1.29, 1.82) is 0 Å². The molecule has 1 aliphatic heterocycles. The van der Waals surface area contributed by atoms with Gasteiger partial charge in [0.2, 0.25) is 11.8 Å². The van der Waals surface area contributed by atoms with E-state index in [0.29, 0.717) is 12.5 Å². The average molecular weight is 182 g/mol. The summed E-state index contributed by atoms with van der Waals surface area (Å²) >= 11 is 0. The van der Waals surface area contributed by atoms with Crippen LogP contribution in [-0.4, -0.2) is 24.4 Å². The molecule has 2 amide bonds. The van der Waals surface area contributed by atoms with Gasteiger partial charge in [-0.1, -0.05) is 6.92 Å². The molecule has 2 N–H and O–H groups in total. The molecule has 2 fully saturated rings. The molecular weight excluding hydrogens is 168 g/mol. The fraction of sp³-hybridized carbons (Fsp3) is 0.778. The van der Waals surface area contributed by atoms with E-state index in [9.17, 15) is 9.59 Å². The first-order chi connectivity index (χ1) is 6.18. The van der Waals surface area contributed by atoms with Crippen LogP contribution in [0.3, 0.4) is 0 Å². The summed E-state index contributed by atoms with van der Waals surface area (Å²) in [5, 5.41) is 5.46. The lowest BCUT2D eigenvalue weighted by molar-refractivity contribution is -0.128. The van der Waals surface area contributed by atoms with Gasteiger partial charge in [0.25, 0.3) is 0 Å². The first-order valence-electron chi connectivity index (χ1n) is 4.76. The highest BCUT2D eigenvalue weighted by Crippen LogP contribution is 2.37. The van der Waals surface area contributed by atoms with Gasteiger partial charge in [-0.3, -0.25) is 9.59 Å². The van der Waals surface area contributed by atoms with Crippen LogP contribution in [-0.2, 0) is 9.59 Å². The lowest BCUT2D eigenvalue weighted by Crippen LogP contribution is -2.41. The van der Waals surface area contributed by atoms with Crippen LogP contribution in [0.5, 0.6) is 0 Å². The zero-order chi connectivity index (χ0) is 9.42. The summed E-state index contributed by atoms with van der Waals surface area (Å²) in [5.41, 5.74) is 0. The molecule has 3 unspecified atom stereocenters. The smallest absolute Gasteiger partial charge is 0.242 e. The normalized spacial score (nSPS) is 37.0. The van der Waals surface area contributed by atoms with Gasteiger partial charge in [0, 0.05) is 12.5 Å². The number of carbonyl (C=O) groups excluding carboxylic acids is 2. The van der Waals surface area contributed by atoms with Crippen molar-refractivity contribution in [1.82, 2.24) is 10.6 Å². The summed E-state index contributed by atoms with van der Waals surface area (Å²) in [6.07, 6.45) is 1.70. The predicted molar refractivity (Wildman–Crippen MR) is 46.8 cm³/mol. The summed E-state index contributed by atoms with van der Waals surface area (Å²) in [7, 11) is 0. The summed E-state index contributed by atoms with van der Waals surface area (Å²) in [6.45, 7) is 2.74. The standard InChI is InChI=1S/C9H14N2O2/c1-5-4-6(5)8(12)11-7-2-3-10-9(7)13/h5-7H,2-4H2,1H3,(H,10,13)(H,11,12). The summed E-state index contributed by atoms with van der Waals surface area (Å²) < 4.78 is 0. The molecule has 13 heavy (non-hydrogen) atoms. The quantitative estimate of drug-likeness (QED) is 0.613. The van der Waals surface area contributed by atoms with Crippen LogP contribution in [0.4, 0.5) is 0 Å². The van der Waals surface area contributed by atoms with Crippen molar-refractivity contribution in [2.75, 3.05) is 6.54 Å². The fourth-order valence-electron chi connectivity index (χ4n) is 1.70. The number of hydrogen-bond acceptors (Lipinski definition) is 2. The highest BCUT2D eigenvalue weighted by Gasteiger charge is 2.40. The molecule has 4 heteroatoms. The lowest BCUT2D eigenvalue weighted by atomic mass is 10.2. The van der Waals surface area contributed by atoms with E-state index in [2.05, 4.69) is 17.6 Å². The van der Waals surface area contributed by atoms with E-state index >= 15 is 0 Å². The molecule has 4 nitrogen and oxygen atoms in total. The molecule has 0 radical (unpaired) electrons. The molecule has 0 bridgehead atoms. The van der Waals surface area contributed by atoms with Crippen LogP contribution in [0, 0.1) is 11.8 Å². The van der Waals surface area contributed by atoms with E-state index in [1.807, 2.05) is 0 Å². The number of amides is 2. The van der Waals surface area contributed by atoms with E-state index in [-0.39, 0.29) is 23.8 Å². The van der Waals surface area contributed by atoms with Crippen LogP contribution >= 0.6 is 0 Å². The van der Waals surface area contributed by atoms with Crippen LogP contribution in [0.15, 0.2) is 0 Å². The van der Waals surface area contributed by atoms with Gasteiger partial charge in [-0.15, -0.1) is 0 Å². The van der Waals surface area contributed by atoms with Crippen LogP contribution in [0.1, 0.15) is 19.8 Å². The monoisotopic (exact) mass is 182 g/mol. The third-order valence-corrected chi connectivity index (χ3v) is 2.81. The maximum absolute atomic E-state index is 11.4. The van der Waals surface area contributed by atoms with Gasteiger partial charge in [-0.25, -0.2) is 0 Å². The van der Waals surface area contributed by atoms with E-state index < -0.39 is 0 Å². The van der Waals surface area contributed by atoms with Crippen LogP contribution in [0.2, 0.25) is 0 Å². The minimum atomic E-state index is -0.278. The molecule has 0 spiro atoms. The number of rotatable bonds is 2. The molecule has 1 aliphatic carbocycles. The summed E-state index contributed by atoms with van der Waals surface area (Å²) in [5.74, 6) is 0.675. The van der Waals surface area contributed by atoms with Gasteiger partial charge in [-0.2, -0.15) is 0 Å². The van der Waals surface area contributed by atoms with E-state index in [1.54, 1.807) is 0 Å². The Hall–Kier alpha value is -1.06. The van der Waals surface area contributed by atoms with Gasteiger partial charge in [0.05, 0.1) is 0 Å². The number of carbonyl (C=O) groups is 2. The summed E-state index contributed by atoms with van der Waals surface area (Å²) in [4.78, 5) is 22.5. The third kappa shape index (κ3) is 1.66. The molecule has 1 heterocycles. The fourth-order valence-corrected chi connectivity index (χ4v) is 1.70. The van der Waals surface area contributed by atoms with Crippen molar-refractivity contribution in [3.05, 3.63) is 0 Å². The zero-order valence-corrected chi connectivity index (χ0v) is 7.67. The Bertz CT molecular complexity index is 252. The molecule has 72 valence electrons. The average Bonchev–Trinajstić information content (AvgIpc) is 2.68. The predicted octanol–water partition coefficient (Wildman–Crippen LogP) is -0.353. The van der Waals surface area contributed by atoms with Gasteiger partial charge in [-0.05, 0) is 18.8 Å². The Balaban J connectivity index is 1.83. The van der Waals surface area contributed by atoms with Crippen molar-refractivity contribution < 1.29 is 9.59 Å². The van der Waals surface area contributed by atoms with Gasteiger partial charge < -0.3 is 10.6 Å². The molecule has 3 atom stereocenters. The third-order valence-electron chi connectivity index (χ3n) is 2.81. The molecule has 0 aromatic carbocycles. The second-order valence-electron chi connectivity index (χ2n) is 3.96. The molecule has 2 rings (SSSR count). The summed E-state index contributed by atoms with van der Waals surface area (Å²) in [6, 6.07) is -0.278. The van der Waals surface area contributed by atoms with E-state index in [1.165, 1.54) is 0 Å². The van der Waals surface area contributed by atoms with Crippen LogP contribution < -0.4 is 10.6 Å². The topological polar surface area (TPSA) is 58.2 Å². The molecule has 0 aromatic heterocycles. The molecular formula is C9H14N2O2. The minimum Gasteiger partial charge on any atom is -0.354 e. The minimum absolute atomic E-state index is 0.0401. The highest BCUT2D eigenvalue weighted by molar-refractivity contribution is 5.90. The Morgan fingerprint density at radius 3 is 2.77 bits per heavy atom. The van der Waals surface area contributed by atoms with Crippen molar-refractivity contribution in [3.8, 4) is 0 Å². The second-order valence-corrected chi connectivity index (χ2v) is 3.96. The zero-order valence-electron chi connectivity index (χ0n) is 7.67. The van der Waals surface area contributed by atoms with Gasteiger partial charge >= 0.3 is 0 Å². The highest BCUT2D eigenvalue weighted by atomic mass is 16.2. The number of hydrogen-bond donors (Lipinski definition) is 2. The maximum Gasteiger partial charge on any atom is 0.242 e. The van der Waals surface area contributed by atoms with Gasteiger partial charge in [0.15, 0.2) is 0 Å². The first-order valence-corrected chi connectivity index (χ1v) is 4.76. The Morgan fingerprint density at radius 2 is 2.31 bits per heavy atom. The largest absolute Gasteiger partial charge is 0.354 e. The maximum atomic E-state index is 11.4. The molecule has 0 aromatic rings. The van der Waals surface area contributed by atoms with E-state index in [4.69, 9.17) is 0 Å². The lowest BCUT2D eigenvalue weighted by Gasteiger charge is -2.08. The molecule has 1 saturated carbocycles.